The molecule has 0 unspecified atom stereocenters. The van der Waals surface area contributed by atoms with Gasteiger partial charge in [0.2, 0.25) is 11.7 Å². The Bertz CT molecular complexity index is 1490. The Labute approximate surface area is 230 Å². The number of rotatable bonds is 5. The molecule has 0 spiro atoms. The maximum atomic E-state index is 14.0. The Balaban J connectivity index is 1.53. The highest BCUT2D eigenvalue weighted by Crippen LogP contribution is 2.31. The first-order valence-corrected chi connectivity index (χ1v) is 12.4. The number of nitrogens with zero attached hydrogens (tertiary/aromatic N) is 6. The second kappa shape index (κ2) is 11.6. The molecule has 0 radical (unpaired) electrons. The molecule has 1 aliphatic heterocycles. The number of likely N-dealkylation sites (tertiary alicyclic amines) is 1. The van der Waals surface area contributed by atoms with Crippen LogP contribution < -0.4 is 5.84 Å². The Morgan fingerprint density at radius 2 is 1.63 bits per heavy atom. The van der Waals surface area contributed by atoms with E-state index in [1.807, 2.05) is 0 Å². The van der Waals surface area contributed by atoms with E-state index in [0.717, 1.165) is 24.4 Å². The van der Waals surface area contributed by atoms with Gasteiger partial charge in [-0.1, -0.05) is 6.07 Å². The summed E-state index contributed by atoms with van der Waals surface area (Å²) in [7, 11) is 0. The summed E-state index contributed by atoms with van der Waals surface area (Å²) < 4.78 is 67.0. The van der Waals surface area contributed by atoms with E-state index in [1.54, 1.807) is 6.92 Å². The van der Waals surface area contributed by atoms with Gasteiger partial charge in [-0.15, -0.1) is 0 Å². The molecule has 3 amide bonds. The minimum Gasteiger partial charge on any atom is -0.342 e. The van der Waals surface area contributed by atoms with E-state index in [1.165, 1.54) is 17.9 Å². The Morgan fingerprint density at radius 1 is 1.00 bits per heavy atom. The molecule has 41 heavy (non-hydrogen) atoms. The van der Waals surface area contributed by atoms with Gasteiger partial charge in [0, 0.05) is 30.8 Å². The number of carbonyl (C=O) groups is 3. The Kier molecular flexibility index (Phi) is 8.37. The number of aromatic nitrogens is 4. The molecule has 0 atom stereocenters. The molecule has 15 heteroatoms. The van der Waals surface area contributed by atoms with Crippen molar-refractivity contribution >= 4 is 17.7 Å². The molecule has 4 rings (SSSR count). The second-order valence-corrected chi connectivity index (χ2v) is 9.39. The van der Waals surface area contributed by atoms with Crippen LogP contribution in [0.5, 0.6) is 0 Å². The van der Waals surface area contributed by atoms with Gasteiger partial charge in [-0.3, -0.25) is 14.4 Å². The highest BCUT2D eigenvalue weighted by atomic mass is 19.4. The topological polar surface area (TPSA) is 135 Å². The maximum absolute atomic E-state index is 14.0. The van der Waals surface area contributed by atoms with Crippen molar-refractivity contribution in [3.8, 4) is 0 Å². The number of hydrazine groups is 1. The quantitative estimate of drug-likeness (QED) is 0.161. The van der Waals surface area contributed by atoms with Crippen molar-refractivity contribution in [1.29, 1.82) is 0 Å². The third-order valence-corrected chi connectivity index (χ3v) is 6.63. The maximum Gasteiger partial charge on any atom is 0.451 e. The molecule has 1 aliphatic rings. The van der Waals surface area contributed by atoms with E-state index in [2.05, 4.69) is 19.9 Å². The van der Waals surface area contributed by atoms with Gasteiger partial charge in [0.25, 0.3) is 11.8 Å². The summed E-state index contributed by atoms with van der Waals surface area (Å²) >= 11 is 0. The van der Waals surface area contributed by atoms with Crippen molar-refractivity contribution in [3.05, 3.63) is 82.0 Å². The number of hydrogen-bond acceptors (Lipinski definition) is 8. The molecular weight excluding hydrogens is 553 g/mol. The summed E-state index contributed by atoms with van der Waals surface area (Å²) in [6.07, 6.45) is -4.01. The minimum absolute atomic E-state index is 0.102. The molecule has 1 aromatic carbocycles. The molecule has 10 nitrogen and oxygen atoms in total. The number of amides is 3. The van der Waals surface area contributed by atoms with Crippen LogP contribution in [0.15, 0.2) is 30.5 Å². The van der Waals surface area contributed by atoms with Crippen LogP contribution >= 0.6 is 0 Å². The smallest absolute Gasteiger partial charge is 0.342 e. The van der Waals surface area contributed by atoms with Crippen LogP contribution in [0.25, 0.3) is 0 Å². The highest BCUT2D eigenvalue weighted by molar-refractivity contribution is 6.10. The van der Waals surface area contributed by atoms with Crippen molar-refractivity contribution in [2.45, 2.75) is 45.2 Å². The summed E-state index contributed by atoms with van der Waals surface area (Å²) in [5, 5.41) is 0.147. The van der Waals surface area contributed by atoms with Gasteiger partial charge in [-0.25, -0.2) is 39.6 Å². The Morgan fingerprint density at radius 3 is 2.24 bits per heavy atom. The highest BCUT2D eigenvalue weighted by Gasteiger charge is 2.37. The number of imide groups is 1. The van der Waals surface area contributed by atoms with Gasteiger partial charge < -0.3 is 4.90 Å². The molecule has 3 aromatic rings. The molecule has 3 heterocycles. The van der Waals surface area contributed by atoms with Crippen molar-refractivity contribution in [2.24, 2.45) is 5.84 Å². The molecule has 0 bridgehead atoms. The molecule has 1 fully saturated rings. The summed E-state index contributed by atoms with van der Waals surface area (Å²) in [5.74, 6) is -0.321. The average Bonchev–Trinajstić information content (AvgIpc) is 2.93. The first kappa shape index (κ1) is 29.6. The zero-order chi connectivity index (χ0) is 30.1. The number of benzene rings is 1. The van der Waals surface area contributed by atoms with E-state index < -0.39 is 53.5 Å². The molecule has 2 N–H and O–H groups in total. The third-order valence-electron chi connectivity index (χ3n) is 6.63. The molecule has 0 aliphatic carbocycles. The number of nitrogens with two attached hydrogens (primary N) is 1. The zero-order valence-electron chi connectivity index (χ0n) is 21.9. The minimum atomic E-state index is -4.92. The molecule has 2 aromatic heterocycles. The number of hydrogen-bond donors (Lipinski definition) is 1. The van der Waals surface area contributed by atoms with E-state index in [4.69, 9.17) is 5.84 Å². The number of alkyl halides is 3. The lowest BCUT2D eigenvalue weighted by atomic mass is 9.89. The zero-order valence-corrected chi connectivity index (χ0v) is 21.9. The monoisotopic (exact) mass is 577 g/mol. The van der Waals surface area contributed by atoms with Gasteiger partial charge in [0.1, 0.15) is 23.2 Å². The number of piperidine rings is 1. The molecule has 216 valence electrons. The van der Waals surface area contributed by atoms with Crippen LogP contribution in [0.1, 0.15) is 68.2 Å². The fraction of sp³-hybridized carbons (Fsp3) is 0.346. The first-order valence-electron chi connectivity index (χ1n) is 12.4. The number of carbonyl (C=O) groups excluding carboxylic acids is 3. The number of halogens is 5. The summed E-state index contributed by atoms with van der Waals surface area (Å²) in [6.45, 7) is 3.48. The van der Waals surface area contributed by atoms with Crippen LogP contribution in [0.2, 0.25) is 0 Å². The van der Waals surface area contributed by atoms with Gasteiger partial charge in [0.05, 0.1) is 23.4 Å². The van der Waals surface area contributed by atoms with E-state index in [9.17, 15) is 36.3 Å². The molecule has 0 saturated carbocycles. The lowest BCUT2D eigenvalue weighted by molar-refractivity contribution is -0.145. The van der Waals surface area contributed by atoms with Crippen LogP contribution in [-0.4, -0.2) is 60.7 Å². The SMILES string of the molecule is Cc1nc(C)c(C(=O)N(N)C(=O)c2ccnc(C(F)(F)F)n2)c(C2CCN(C(=O)Cc3c(F)cccc3F)CC2)n1. The van der Waals surface area contributed by atoms with Crippen molar-refractivity contribution in [1.82, 2.24) is 29.8 Å². The first-order chi connectivity index (χ1) is 19.3. The van der Waals surface area contributed by atoms with Gasteiger partial charge in [-0.2, -0.15) is 13.2 Å². The number of aryl methyl sites for hydroxylation is 2. The lowest BCUT2D eigenvalue weighted by Gasteiger charge is -2.33. The van der Waals surface area contributed by atoms with Crippen molar-refractivity contribution in [3.63, 3.8) is 0 Å². The third kappa shape index (κ3) is 6.34. The molecule has 1 saturated heterocycles. The fourth-order valence-corrected chi connectivity index (χ4v) is 4.62. The molecular formula is C26H24F5N7O3. The van der Waals surface area contributed by atoms with Crippen LogP contribution in [-0.2, 0) is 17.4 Å². The fourth-order valence-electron chi connectivity index (χ4n) is 4.62. The van der Waals surface area contributed by atoms with Crippen molar-refractivity contribution < 1.29 is 36.3 Å². The second-order valence-electron chi connectivity index (χ2n) is 9.39. The predicted octanol–water partition coefficient (Wildman–Crippen LogP) is 3.29. The lowest BCUT2D eigenvalue weighted by Crippen LogP contribution is -2.44. The van der Waals surface area contributed by atoms with E-state index in [0.29, 0.717) is 18.7 Å². The van der Waals surface area contributed by atoms with Gasteiger partial charge >= 0.3 is 6.18 Å². The van der Waals surface area contributed by atoms with Crippen molar-refractivity contribution in [2.75, 3.05) is 13.1 Å². The van der Waals surface area contributed by atoms with Crippen LogP contribution in [0.3, 0.4) is 0 Å². The normalized spacial score (nSPS) is 14.2. The Hall–Kier alpha value is -4.40. The van der Waals surface area contributed by atoms with Crippen LogP contribution in [0, 0.1) is 25.5 Å². The average molecular weight is 578 g/mol. The summed E-state index contributed by atoms with van der Waals surface area (Å²) in [5.41, 5.74) is -0.723. The van der Waals surface area contributed by atoms with Crippen LogP contribution in [0.4, 0.5) is 22.0 Å². The van der Waals surface area contributed by atoms with Gasteiger partial charge in [0.15, 0.2) is 0 Å². The largest absolute Gasteiger partial charge is 0.451 e. The summed E-state index contributed by atoms with van der Waals surface area (Å²) in [4.78, 5) is 55.2. The summed E-state index contributed by atoms with van der Waals surface area (Å²) in [6, 6.07) is 4.24. The van der Waals surface area contributed by atoms with E-state index in [-0.39, 0.29) is 46.5 Å². The predicted molar refractivity (Wildman–Crippen MR) is 132 cm³/mol. The van der Waals surface area contributed by atoms with E-state index >= 15 is 0 Å². The van der Waals surface area contributed by atoms with Gasteiger partial charge in [-0.05, 0) is 44.9 Å². The standard InChI is InChI=1S/C26H24F5N7O3/c1-13-21(24(41)38(32)23(40)19-6-9-33-25(36-19)26(29,30)31)22(35-14(2)34-13)15-7-10-37(11-8-15)20(39)12-16-17(27)4-3-5-18(16)28/h3-6,9,15H,7-8,10-12,32H2,1-2H3.